The number of hydrogen-bond donors (Lipinski definition) is 0. The van der Waals surface area contributed by atoms with Gasteiger partial charge in [0, 0.05) is 25.8 Å². The number of ether oxygens (including phenoxy) is 1. The maximum atomic E-state index is 5.84. The van der Waals surface area contributed by atoms with Gasteiger partial charge in [-0.25, -0.2) is 9.97 Å². The van der Waals surface area contributed by atoms with Crippen molar-refractivity contribution in [1.29, 1.82) is 0 Å². The SMILES string of the molecule is CCCn1c(CC2CCCCO2)nc2cccnc21. The maximum absolute atomic E-state index is 5.84. The minimum atomic E-state index is 0.334. The maximum Gasteiger partial charge on any atom is 0.159 e. The van der Waals surface area contributed by atoms with Gasteiger partial charge in [0.1, 0.15) is 11.3 Å². The molecule has 102 valence electrons. The van der Waals surface area contributed by atoms with E-state index in [0.29, 0.717) is 6.10 Å². The zero-order valence-electron chi connectivity index (χ0n) is 11.5. The fourth-order valence-corrected chi connectivity index (χ4v) is 2.79. The molecule has 1 unspecified atom stereocenters. The molecule has 1 aliphatic heterocycles. The molecule has 1 fully saturated rings. The van der Waals surface area contributed by atoms with Crippen LogP contribution in [-0.4, -0.2) is 27.2 Å². The van der Waals surface area contributed by atoms with Gasteiger partial charge in [0.2, 0.25) is 0 Å². The Hall–Kier alpha value is -1.42. The lowest BCUT2D eigenvalue weighted by Crippen LogP contribution is -2.23. The van der Waals surface area contributed by atoms with Crippen LogP contribution in [0, 0.1) is 0 Å². The van der Waals surface area contributed by atoms with Crippen molar-refractivity contribution in [2.24, 2.45) is 0 Å². The van der Waals surface area contributed by atoms with Crippen LogP contribution in [0.25, 0.3) is 11.2 Å². The van der Waals surface area contributed by atoms with Gasteiger partial charge >= 0.3 is 0 Å². The number of imidazole rings is 1. The highest BCUT2D eigenvalue weighted by atomic mass is 16.5. The highest BCUT2D eigenvalue weighted by molar-refractivity contribution is 5.71. The van der Waals surface area contributed by atoms with Gasteiger partial charge in [0.25, 0.3) is 0 Å². The van der Waals surface area contributed by atoms with Gasteiger partial charge in [-0.3, -0.25) is 0 Å². The van der Waals surface area contributed by atoms with E-state index >= 15 is 0 Å². The van der Waals surface area contributed by atoms with Crippen molar-refractivity contribution in [3.05, 3.63) is 24.2 Å². The molecule has 0 spiro atoms. The summed E-state index contributed by atoms with van der Waals surface area (Å²) < 4.78 is 8.09. The Morgan fingerprint density at radius 1 is 1.42 bits per heavy atom. The smallest absolute Gasteiger partial charge is 0.159 e. The van der Waals surface area contributed by atoms with Crippen molar-refractivity contribution in [1.82, 2.24) is 14.5 Å². The van der Waals surface area contributed by atoms with E-state index in [4.69, 9.17) is 9.72 Å². The Labute approximate surface area is 113 Å². The fourth-order valence-electron chi connectivity index (χ4n) is 2.79. The quantitative estimate of drug-likeness (QED) is 0.847. The van der Waals surface area contributed by atoms with Crippen LogP contribution in [0.5, 0.6) is 0 Å². The topological polar surface area (TPSA) is 39.9 Å². The molecular weight excluding hydrogens is 238 g/mol. The number of aryl methyl sites for hydroxylation is 1. The molecule has 4 heteroatoms. The summed E-state index contributed by atoms with van der Waals surface area (Å²) in [5.74, 6) is 1.13. The van der Waals surface area contributed by atoms with E-state index in [1.165, 1.54) is 12.8 Å². The third-order valence-electron chi connectivity index (χ3n) is 3.71. The molecule has 3 rings (SSSR count). The second-order valence-electron chi connectivity index (χ2n) is 5.22. The van der Waals surface area contributed by atoms with Crippen molar-refractivity contribution in [2.45, 2.75) is 51.7 Å². The molecule has 2 aromatic rings. The summed E-state index contributed by atoms with van der Waals surface area (Å²) in [5, 5.41) is 0. The first-order chi connectivity index (χ1) is 9.38. The average Bonchev–Trinajstić information content (AvgIpc) is 2.79. The summed E-state index contributed by atoms with van der Waals surface area (Å²) in [6, 6.07) is 3.99. The predicted molar refractivity (Wildman–Crippen MR) is 75.1 cm³/mol. The third kappa shape index (κ3) is 2.63. The molecule has 4 nitrogen and oxygen atoms in total. The summed E-state index contributed by atoms with van der Waals surface area (Å²) in [6.45, 7) is 4.07. The minimum Gasteiger partial charge on any atom is -0.378 e. The Morgan fingerprint density at radius 2 is 2.37 bits per heavy atom. The summed E-state index contributed by atoms with van der Waals surface area (Å²) in [6.07, 6.45) is 7.82. The highest BCUT2D eigenvalue weighted by Crippen LogP contribution is 2.20. The van der Waals surface area contributed by atoms with Crippen LogP contribution in [0.2, 0.25) is 0 Å². The molecule has 0 N–H and O–H groups in total. The number of fused-ring (bicyclic) bond motifs is 1. The Morgan fingerprint density at radius 3 is 3.16 bits per heavy atom. The largest absolute Gasteiger partial charge is 0.378 e. The van der Waals surface area contributed by atoms with E-state index in [2.05, 4.69) is 16.5 Å². The molecule has 1 atom stereocenters. The lowest BCUT2D eigenvalue weighted by atomic mass is 10.1. The minimum absolute atomic E-state index is 0.334. The molecule has 19 heavy (non-hydrogen) atoms. The van der Waals surface area contributed by atoms with Gasteiger partial charge in [-0.1, -0.05) is 6.92 Å². The summed E-state index contributed by atoms with van der Waals surface area (Å²) in [7, 11) is 0. The van der Waals surface area contributed by atoms with E-state index in [1.807, 2.05) is 18.3 Å². The summed E-state index contributed by atoms with van der Waals surface area (Å²) in [5.41, 5.74) is 2.01. The molecule has 0 amide bonds. The molecule has 2 aromatic heterocycles. The van der Waals surface area contributed by atoms with Crippen molar-refractivity contribution in [3.63, 3.8) is 0 Å². The van der Waals surface area contributed by atoms with Crippen molar-refractivity contribution in [3.8, 4) is 0 Å². The van der Waals surface area contributed by atoms with Crippen LogP contribution in [0.15, 0.2) is 18.3 Å². The lowest BCUT2D eigenvalue weighted by Gasteiger charge is -2.22. The monoisotopic (exact) mass is 259 g/mol. The number of rotatable bonds is 4. The Balaban J connectivity index is 1.90. The predicted octanol–water partition coefficient (Wildman–Crippen LogP) is 2.95. The van der Waals surface area contributed by atoms with Crippen molar-refractivity contribution in [2.75, 3.05) is 6.61 Å². The van der Waals surface area contributed by atoms with Crippen LogP contribution < -0.4 is 0 Å². The van der Waals surface area contributed by atoms with Crippen LogP contribution in [-0.2, 0) is 17.7 Å². The van der Waals surface area contributed by atoms with Gasteiger partial charge < -0.3 is 9.30 Å². The van der Waals surface area contributed by atoms with Crippen LogP contribution in [0.4, 0.5) is 0 Å². The van der Waals surface area contributed by atoms with Crippen molar-refractivity contribution < 1.29 is 4.74 Å². The van der Waals surface area contributed by atoms with E-state index in [-0.39, 0.29) is 0 Å². The molecule has 0 bridgehead atoms. The number of pyridine rings is 1. The first kappa shape index (κ1) is 12.6. The molecule has 3 heterocycles. The summed E-state index contributed by atoms with van der Waals surface area (Å²) >= 11 is 0. The van der Waals surface area contributed by atoms with Gasteiger partial charge in [-0.15, -0.1) is 0 Å². The normalized spacial score (nSPS) is 19.9. The Bertz CT molecular complexity index is 543. The number of aromatic nitrogens is 3. The standard InChI is InChI=1S/C15H21N3O/c1-2-9-18-14(11-12-6-3-4-10-19-12)17-13-7-5-8-16-15(13)18/h5,7-8,12H,2-4,6,9-11H2,1H3. The molecule has 1 saturated heterocycles. The fraction of sp³-hybridized carbons (Fsp3) is 0.600. The lowest BCUT2D eigenvalue weighted by molar-refractivity contribution is 0.0152. The van der Waals surface area contributed by atoms with E-state index in [9.17, 15) is 0 Å². The number of nitrogens with zero attached hydrogens (tertiary/aromatic N) is 3. The second-order valence-corrected chi connectivity index (χ2v) is 5.22. The second kappa shape index (κ2) is 5.70. The Kier molecular flexibility index (Phi) is 3.78. The van der Waals surface area contributed by atoms with Gasteiger partial charge in [0.05, 0.1) is 6.10 Å². The van der Waals surface area contributed by atoms with E-state index < -0.39 is 0 Å². The molecule has 0 radical (unpaired) electrons. The van der Waals surface area contributed by atoms with E-state index in [1.54, 1.807) is 0 Å². The van der Waals surface area contributed by atoms with Crippen LogP contribution >= 0.6 is 0 Å². The zero-order valence-corrected chi connectivity index (χ0v) is 11.5. The van der Waals surface area contributed by atoms with Gasteiger partial charge in [-0.2, -0.15) is 0 Å². The van der Waals surface area contributed by atoms with Crippen molar-refractivity contribution >= 4 is 11.2 Å². The van der Waals surface area contributed by atoms with Gasteiger partial charge in [0.15, 0.2) is 5.65 Å². The molecule has 0 aliphatic carbocycles. The highest BCUT2D eigenvalue weighted by Gasteiger charge is 2.19. The first-order valence-electron chi connectivity index (χ1n) is 7.30. The third-order valence-corrected chi connectivity index (χ3v) is 3.71. The molecular formula is C15H21N3O. The molecule has 0 saturated carbocycles. The molecule has 0 aromatic carbocycles. The molecule has 1 aliphatic rings. The van der Waals surface area contributed by atoms with Gasteiger partial charge in [-0.05, 0) is 37.8 Å². The average molecular weight is 259 g/mol. The number of hydrogen-bond acceptors (Lipinski definition) is 3. The zero-order chi connectivity index (χ0) is 13.1. The van der Waals surface area contributed by atoms with E-state index in [0.717, 1.165) is 49.4 Å². The van der Waals surface area contributed by atoms with Crippen LogP contribution in [0.1, 0.15) is 38.4 Å². The van der Waals surface area contributed by atoms with Crippen LogP contribution in [0.3, 0.4) is 0 Å². The first-order valence-corrected chi connectivity index (χ1v) is 7.30. The summed E-state index contributed by atoms with van der Waals surface area (Å²) in [4.78, 5) is 9.22.